The van der Waals surface area contributed by atoms with Crippen LogP contribution < -0.4 is 5.32 Å². The quantitative estimate of drug-likeness (QED) is 0.167. The van der Waals surface area contributed by atoms with Crippen LogP contribution in [-0.4, -0.2) is 83.1 Å². The molecule has 1 N–H and O–H groups in total. The van der Waals surface area contributed by atoms with Crippen molar-refractivity contribution in [3.05, 3.63) is 95.1 Å². The number of amides is 4. The molecule has 0 saturated heterocycles. The van der Waals surface area contributed by atoms with Gasteiger partial charge in [-0.05, 0) is 67.8 Å². The monoisotopic (exact) mass is 604 g/mol. The Morgan fingerprint density at radius 2 is 1.07 bits per heavy atom. The molecule has 2 aliphatic heterocycles. The Labute approximate surface area is 264 Å². The summed E-state index contributed by atoms with van der Waals surface area (Å²) in [6.45, 7) is 11.8. The van der Waals surface area contributed by atoms with E-state index in [0.717, 1.165) is 34.5 Å². The van der Waals surface area contributed by atoms with Gasteiger partial charge in [-0.15, -0.1) is 0 Å². The first-order chi connectivity index (χ1) is 21.6. The molecule has 6 rings (SSSR count). The third-order valence-corrected chi connectivity index (χ3v) is 9.17. The lowest BCUT2D eigenvalue weighted by atomic mass is 9.93. The summed E-state index contributed by atoms with van der Waals surface area (Å²) in [4.78, 5) is 58.5. The molecule has 8 nitrogen and oxygen atoms in total. The summed E-state index contributed by atoms with van der Waals surface area (Å²) >= 11 is 0. The van der Waals surface area contributed by atoms with E-state index < -0.39 is 0 Å². The topological polar surface area (TPSA) is 90.0 Å². The molecule has 232 valence electrons. The fourth-order valence-corrected chi connectivity index (χ4v) is 6.74. The van der Waals surface area contributed by atoms with Gasteiger partial charge in [0.25, 0.3) is 23.6 Å². The van der Waals surface area contributed by atoms with E-state index in [9.17, 15) is 19.2 Å². The van der Waals surface area contributed by atoms with Crippen molar-refractivity contribution in [3.8, 4) is 0 Å². The second-order valence-electron chi connectivity index (χ2n) is 13.1. The Morgan fingerprint density at radius 1 is 0.644 bits per heavy atom. The Bertz CT molecular complexity index is 1730. The molecule has 0 unspecified atom stereocenters. The lowest BCUT2D eigenvalue weighted by molar-refractivity contribution is 0.0513. The lowest BCUT2D eigenvalue weighted by Gasteiger charge is -2.41. The number of hydrogen-bond acceptors (Lipinski definition) is 6. The molecule has 4 aromatic carbocycles. The van der Waals surface area contributed by atoms with Crippen molar-refractivity contribution >= 4 is 45.2 Å². The number of nitrogens with zero attached hydrogens (tertiary/aromatic N) is 3. The number of benzene rings is 4. The van der Waals surface area contributed by atoms with Crippen molar-refractivity contribution in [2.24, 2.45) is 5.92 Å². The first kappa shape index (κ1) is 30.6. The number of nitrogens with one attached hydrogen (secondary N) is 1. The van der Waals surface area contributed by atoms with Crippen molar-refractivity contribution in [1.29, 1.82) is 0 Å². The maximum Gasteiger partial charge on any atom is 0.261 e. The van der Waals surface area contributed by atoms with Crippen molar-refractivity contribution in [2.75, 3.05) is 39.3 Å². The zero-order chi connectivity index (χ0) is 31.9. The largest absolute Gasteiger partial charge is 0.315 e. The maximum absolute atomic E-state index is 13.5. The van der Waals surface area contributed by atoms with E-state index in [1.54, 1.807) is 24.3 Å². The first-order valence-electron chi connectivity index (χ1n) is 15.8. The van der Waals surface area contributed by atoms with Gasteiger partial charge in [0.2, 0.25) is 0 Å². The van der Waals surface area contributed by atoms with Crippen LogP contribution in [0.1, 0.15) is 75.5 Å². The molecule has 0 bridgehead atoms. The number of carbonyl (C=O) groups excluding carboxylic acids is 4. The fraction of sp³-hybridized carbons (Fsp3) is 0.351. The van der Waals surface area contributed by atoms with Crippen LogP contribution in [0.2, 0.25) is 0 Å². The van der Waals surface area contributed by atoms with Gasteiger partial charge >= 0.3 is 0 Å². The highest BCUT2D eigenvalue weighted by Crippen LogP contribution is 2.31. The second-order valence-corrected chi connectivity index (χ2v) is 13.1. The van der Waals surface area contributed by atoms with Gasteiger partial charge in [0.05, 0.1) is 0 Å². The lowest BCUT2D eigenvalue weighted by Crippen LogP contribution is -2.52. The minimum atomic E-state index is -0.254. The van der Waals surface area contributed by atoms with E-state index in [-0.39, 0.29) is 35.7 Å². The molecule has 4 aromatic rings. The summed E-state index contributed by atoms with van der Waals surface area (Å²) in [6, 6.07) is 22.3. The van der Waals surface area contributed by atoms with Gasteiger partial charge in [-0.25, -0.2) is 0 Å². The number of imide groups is 2. The Hall–Kier alpha value is -4.40. The molecule has 0 aliphatic carbocycles. The molecule has 8 heteroatoms. The van der Waals surface area contributed by atoms with Crippen LogP contribution in [0.4, 0.5) is 0 Å². The molecule has 0 aromatic heterocycles. The van der Waals surface area contributed by atoms with Crippen molar-refractivity contribution in [2.45, 2.75) is 39.7 Å². The highest BCUT2D eigenvalue weighted by molar-refractivity contribution is 6.26. The van der Waals surface area contributed by atoms with Crippen LogP contribution in [0.5, 0.6) is 0 Å². The third kappa shape index (κ3) is 5.64. The summed E-state index contributed by atoms with van der Waals surface area (Å²) in [7, 11) is 0. The molecule has 2 heterocycles. The van der Waals surface area contributed by atoms with Gasteiger partial charge in [0.15, 0.2) is 0 Å². The van der Waals surface area contributed by atoms with Crippen LogP contribution in [0.3, 0.4) is 0 Å². The average molecular weight is 605 g/mol. The predicted octanol–water partition coefficient (Wildman–Crippen LogP) is 5.60. The van der Waals surface area contributed by atoms with E-state index in [1.807, 2.05) is 48.5 Å². The Balaban J connectivity index is 1.06. The molecular formula is C37H40N4O4. The zero-order valence-corrected chi connectivity index (χ0v) is 26.4. The van der Waals surface area contributed by atoms with Crippen molar-refractivity contribution in [1.82, 2.24) is 20.0 Å². The summed E-state index contributed by atoms with van der Waals surface area (Å²) in [6.07, 6.45) is 0.799. The van der Waals surface area contributed by atoms with E-state index in [1.165, 1.54) is 9.80 Å². The van der Waals surface area contributed by atoms with Crippen LogP contribution in [0, 0.1) is 5.92 Å². The van der Waals surface area contributed by atoms with Crippen LogP contribution >= 0.6 is 0 Å². The van der Waals surface area contributed by atoms with Gasteiger partial charge in [0.1, 0.15) is 0 Å². The van der Waals surface area contributed by atoms with Gasteiger partial charge in [-0.3, -0.25) is 33.9 Å². The summed E-state index contributed by atoms with van der Waals surface area (Å²) in [5.41, 5.74) is 2.06. The van der Waals surface area contributed by atoms with Crippen LogP contribution in [0.25, 0.3) is 21.5 Å². The van der Waals surface area contributed by atoms with Gasteiger partial charge < -0.3 is 5.32 Å². The van der Waals surface area contributed by atoms with E-state index in [0.29, 0.717) is 54.4 Å². The highest BCUT2D eigenvalue weighted by atomic mass is 16.2. The molecule has 4 amide bonds. The van der Waals surface area contributed by atoms with Crippen LogP contribution in [-0.2, 0) is 0 Å². The molecule has 0 atom stereocenters. The Morgan fingerprint density at radius 3 is 1.49 bits per heavy atom. The normalized spacial score (nSPS) is 15.0. The number of carbonyl (C=O) groups is 4. The Kier molecular flexibility index (Phi) is 8.29. The third-order valence-electron chi connectivity index (χ3n) is 9.17. The standard InChI is InChI=1S/C37H40N4O4/c1-24(2)23-39(21-22-41-35(44)29-15-7-11-26-12-8-16-30(32(26)29)36(41)45)37(3,4)17-18-38-19-20-40-33(42)27-13-5-9-25-10-6-14-28(31(25)27)34(40)43/h5-16,24,38H,17-23H2,1-4H3. The molecule has 2 aliphatic rings. The van der Waals surface area contributed by atoms with E-state index in [2.05, 4.69) is 37.9 Å². The van der Waals surface area contributed by atoms with Crippen LogP contribution in [0.15, 0.2) is 72.8 Å². The maximum atomic E-state index is 13.5. The minimum absolute atomic E-state index is 0.234. The minimum Gasteiger partial charge on any atom is -0.315 e. The molecule has 0 spiro atoms. The SMILES string of the molecule is CC(C)CN(CCN1C(=O)c2cccc3cccc(c23)C1=O)C(C)(C)CCNCCN1C(=O)c2cccc3cccc(c23)C1=O. The first-order valence-corrected chi connectivity index (χ1v) is 15.8. The number of hydrogen-bond donors (Lipinski definition) is 1. The zero-order valence-electron chi connectivity index (χ0n) is 26.4. The molecule has 0 radical (unpaired) electrons. The van der Waals surface area contributed by atoms with E-state index in [4.69, 9.17) is 0 Å². The molecule has 0 fully saturated rings. The van der Waals surface area contributed by atoms with Gasteiger partial charge in [-0.1, -0.05) is 62.4 Å². The number of rotatable bonds is 12. The summed E-state index contributed by atoms with van der Waals surface area (Å²) in [5.74, 6) is -0.601. The van der Waals surface area contributed by atoms with Crippen molar-refractivity contribution in [3.63, 3.8) is 0 Å². The molecular weight excluding hydrogens is 564 g/mol. The van der Waals surface area contributed by atoms with Gasteiger partial charge in [-0.2, -0.15) is 0 Å². The fourth-order valence-electron chi connectivity index (χ4n) is 6.74. The summed E-state index contributed by atoms with van der Waals surface area (Å²) in [5, 5.41) is 6.71. The van der Waals surface area contributed by atoms with Crippen molar-refractivity contribution < 1.29 is 19.2 Å². The highest BCUT2D eigenvalue weighted by Gasteiger charge is 2.35. The van der Waals surface area contributed by atoms with Gasteiger partial charge in [0, 0.05) is 71.3 Å². The molecule has 0 saturated carbocycles. The second kappa shape index (κ2) is 12.2. The van der Waals surface area contributed by atoms with E-state index >= 15 is 0 Å². The predicted molar refractivity (Wildman–Crippen MR) is 177 cm³/mol. The molecule has 45 heavy (non-hydrogen) atoms. The summed E-state index contributed by atoms with van der Waals surface area (Å²) < 4.78 is 0. The average Bonchev–Trinajstić information content (AvgIpc) is 3.02. The smallest absolute Gasteiger partial charge is 0.261 e.